The SMILES string of the molecule is COCCCN(CC(=O)N1CCc2sccc2C1c1ccc(Cl)cc1)C(=O)c1ccc(Cl)cc1Cl. The van der Waals surface area contributed by atoms with E-state index in [2.05, 4.69) is 11.4 Å². The van der Waals surface area contributed by atoms with Crippen molar-refractivity contribution in [3.05, 3.63) is 90.5 Å². The summed E-state index contributed by atoms with van der Waals surface area (Å²) in [6.07, 6.45) is 1.37. The quantitative estimate of drug-likeness (QED) is 0.306. The van der Waals surface area contributed by atoms with E-state index in [0.29, 0.717) is 41.7 Å². The van der Waals surface area contributed by atoms with Gasteiger partial charge < -0.3 is 14.5 Å². The largest absolute Gasteiger partial charge is 0.385 e. The highest BCUT2D eigenvalue weighted by atomic mass is 35.5. The van der Waals surface area contributed by atoms with Crippen LogP contribution >= 0.6 is 46.1 Å². The van der Waals surface area contributed by atoms with Crippen molar-refractivity contribution in [2.45, 2.75) is 18.9 Å². The minimum Gasteiger partial charge on any atom is -0.385 e. The highest BCUT2D eigenvalue weighted by molar-refractivity contribution is 7.10. The number of carbonyl (C=O) groups is 2. The Kier molecular flexibility index (Phi) is 8.73. The van der Waals surface area contributed by atoms with Gasteiger partial charge in [-0.3, -0.25) is 9.59 Å². The Balaban J connectivity index is 1.61. The van der Waals surface area contributed by atoms with E-state index in [0.717, 1.165) is 17.5 Å². The van der Waals surface area contributed by atoms with Crippen molar-refractivity contribution >= 4 is 58.0 Å². The molecule has 1 atom stereocenters. The summed E-state index contributed by atoms with van der Waals surface area (Å²) in [5, 5.41) is 3.40. The van der Waals surface area contributed by atoms with Crippen LogP contribution < -0.4 is 0 Å². The molecule has 0 bridgehead atoms. The minimum atomic E-state index is -0.313. The second-order valence-corrected chi connectivity index (χ2v) is 10.6. The lowest BCUT2D eigenvalue weighted by atomic mass is 9.93. The fourth-order valence-corrected chi connectivity index (χ4v) is 5.85. The van der Waals surface area contributed by atoms with Crippen LogP contribution in [0.15, 0.2) is 53.9 Å². The molecule has 2 amide bonds. The first-order valence-corrected chi connectivity index (χ1v) is 13.2. The fraction of sp³-hybridized carbons (Fsp3) is 0.308. The van der Waals surface area contributed by atoms with Gasteiger partial charge in [0.2, 0.25) is 5.91 Å². The Morgan fingerprint density at radius 1 is 1.09 bits per heavy atom. The normalized spacial score (nSPS) is 15.1. The molecular weight excluding hydrogens is 527 g/mol. The van der Waals surface area contributed by atoms with Crippen LogP contribution in [-0.2, 0) is 16.0 Å². The molecule has 1 aliphatic rings. The van der Waals surface area contributed by atoms with Crippen LogP contribution in [0.2, 0.25) is 15.1 Å². The van der Waals surface area contributed by atoms with Gasteiger partial charge in [0.1, 0.15) is 6.54 Å². The molecule has 1 aliphatic heterocycles. The van der Waals surface area contributed by atoms with Crippen molar-refractivity contribution in [1.29, 1.82) is 0 Å². The molecule has 0 saturated carbocycles. The van der Waals surface area contributed by atoms with Gasteiger partial charge in [0.15, 0.2) is 0 Å². The second-order valence-electron chi connectivity index (χ2n) is 8.29. The molecule has 3 aromatic rings. The first-order valence-electron chi connectivity index (χ1n) is 11.2. The lowest BCUT2D eigenvalue weighted by Gasteiger charge is -2.37. The van der Waals surface area contributed by atoms with E-state index in [4.69, 9.17) is 39.5 Å². The van der Waals surface area contributed by atoms with Crippen molar-refractivity contribution in [2.75, 3.05) is 33.4 Å². The molecule has 2 aromatic carbocycles. The van der Waals surface area contributed by atoms with Crippen LogP contribution in [0.5, 0.6) is 0 Å². The summed E-state index contributed by atoms with van der Waals surface area (Å²) in [5.41, 5.74) is 2.42. The van der Waals surface area contributed by atoms with Gasteiger partial charge in [0.05, 0.1) is 16.6 Å². The lowest BCUT2D eigenvalue weighted by molar-refractivity contribution is -0.134. The molecule has 0 fully saturated rings. The zero-order valence-corrected chi connectivity index (χ0v) is 22.3. The highest BCUT2D eigenvalue weighted by Gasteiger charge is 2.34. The van der Waals surface area contributed by atoms with E-state index < -0.39 is 0 Å². The highest BCUT2D eigenvalue weighted by Crippen LogP contribution is 2.38. The Morgan fingerprint density at radius 2 is 1.83 bits per heavy atom. The van der Waals surface area contributed by atoms with Gasteiger partial charge >= 0.3 is 0 Å². The number of carbonyl (C=O) groups excluding carboxylic acids is 2. The van der Waals surface area contributed by atoms with Crippen LogP contribution in [-0.4, -0.2) is 55.0 Å². The van der Waals surface area contributed by atoms with Gasteiger partial charge in [-0.15, -0.1) is 11.3 Å². The summed E-state index contributed by atoms with van der Waals surface area (Å²) in [6, 6.07) is 14.2. The Labute approximate surface area is 224 Å². The fourth-order valence-electron chi connectivity index (χ4n) is 4.33. The summed E-state index contributed by atoms with van der Waals surface area (Å²) in [6.45, 7) is 1.34. The summed E-state index contributed by atoms with van der Waals surface area (Å²) in [7, 11) is 1.61. The molecule has 1 aromatic heterocycles. The predicted molar refractivity (Wildman–Crippen MR) is 142 cm³/mol. The van der Waals surface area contributed by atoms with E-state index in [-0.39, 0.29) is 29.4 Å². The third-order valence-corrected chi connectivity index (χ3v) is 7.82. The molecule has 0 spiro atoms. The number of nitrogens with zero attached hydrogens (tertiary/aromatic N) is 2. The van der Waals surface area contributed by atoms with Crippen LogP contribution in [0, 0.1) is 0 Å². The summed E-state index contributed by atoms with van der Waals surface area (Å²) in [5.74, 6) is -0.440. The maximum Gasteiger partial charge on any atom is 0.255 e. The summed E-state index contributed by atoms with van der Waals surface area (Å²) in [4.78, 5) is 31.8. The number of methoxy groups -OCH3 is 1. The summed E-state index contributed by atoms with van der Waals surface area (Å²) >= 11 is 20.2. The number of fused-ring (bicyclic) bond motifs is 1. The van der Waals surface area contributed by atoms with E-state index in [9.17, 15) is 9.59 Å². The zero-order valence-electron chi connectivity index (χ0n) is 19.2. The maximum atomic E-state index is 13.7. The smallest absolute Gasteiger partial charge is 0.255 e. The molecule has 0 N–H and O–H groups in total. The third-order valence-electron chi connectivity index (χ3n) is 6.02. The molecule has 184 valence electrons. The average Bonchev–Trinajstić information content (AvgIpc) is 3.32. The van der Waals surface area contributed by atoms with Crippen LogP contribution in [0.4, 0.5) is 0 Å². The van der Waals surface area contributed by atoms with E-state index in [1.165, 1.54) is 10.9 Å². The molecule has 9 heteroatoms. The second kappa shape index (κ2) is 11.8. The van der Waals surface area contributed by atoms with Gasteiger partial charge in [-0.25, -0.2) is 0 Å². The Morgan fingerprint density at radius 3 is 2.54 bits per heavy atom. The van der Waals surface area contributed by atoms with Gasteiger partial charge in [-0.2, -0.15) is 0 Å². The van der Waals surface area contributed by atoms with Crippen molar-refractivity contribution in [3.8, 4) is 0 Å². The van der Waals surface area contributed by atoms with Crippen molar-refractivity contribution in [3.63, 3.8) is 0 Å². The topological polar surface area (TPSA) is 49.9 Å². The molecule has 0 aliphatic carbocycles. The summed E-state index contributed by atoms with van der Waals surface area (Å²) < 4.78 is 5.17. The van der Waals surface area contributed by atoms with Crippen LogP contribution in [0.3, 0.4) is 0 Å². The first kappa shape index (κ1) is 26.0. The molecule has 0 radical (unpaired) electrons. The van der Waals surface area contributed by atoms with Gasteiger partial charge in [0.25, 0.3) is 5.91 Å². The number of hydrogen-bond donors (Lipinski definition) is 0. The van der Waals surface area contributed by atoms with Gasteiger partial charge in [0, 0.05) is 41.7 Å². The van der Waals surface area contributed by atoms with Crippen molar-refractivity contribution in [2.24, 2.45) is 0 Å². The average molecular weight is 552 g/mol. The van der Waals surface area contributed by atoms with Gasteiger partial charge in [-0.05, 0) is 65.7 Å². The number of rotatable bonds is 8. The van der Waals surface area contributed by atoms with E-state index >= 15 is 0 Å². The number of ether oxygens (including phenoxy) is 1. The molecular formula is C26H25Cl3N2O3S. The number of benzene rings is 2. The van der Waals surface area contributed by atoms with Crippen molar-refractivity contribution < 1.29 is 14.3 Å². The number of hydrogen-bond acceptors (Lipinski definition) is 4. The molecule has 5 nitrogen and oxygen atoms in total. The standard InChI is InChI=1S/C26H25Cl3N2O3S/c1-34-13-2-11-30(26(33)20-8-7-19(28)15-22(20)29)16-24(32)31-12-9-23-21(10-14-35-23)25(31)17-3-5-18(27)6-4-17/h3-8,10,14-15,25H,2,9,11-13,16H2,1H3. The number of thiophene rings is 1. The lowest BCUT2D eigenvalue weighted by Crippen LogP contribution is -2.47. The van der Waals surface area contributed by atoms with E-state index in [1.807, 2.05) is 29.2 Å². The maximum absolute atomic E-state index is 13.7. The Bertz CT molecular complexity index is 1200. The van der Waals surface area contributed by atoms with Crippen LogP contribution in [0.25, 0.3) is 0 Å². The third kappa shape index (κ3) is 6.01. The Hall–Kier alpha value is -2.09. The van der Waals surface area contributed by atoms with Gasteiger partial charge in [-0.1, -0.05) is 46.9 Å². The van der Waals surface area contributed by atoms with Crippen LogP contribution in [0.1, 0.15) is 38.8 Å². The molecule has 2 heterocycles. The molecule has 4 rings (SSSR count). The monoisotopic (exact) mass is 550 g/mol. The molecule has 35 heavy (non-hydrogen) atoms. The molecule has 0 saturated heterocycles. The van der Waals surface area contributed by atoms with Crippen molar-refractivity contribution in [1.82, 2.24) is 9.80 Å². The minimum absolute atomic E-state index is 0.0644. The first-order chi connectivity index (χ1) is 16.9. The van der Waals surface area contributed by atoms with E-state index in [1.54, 1.807) is 35.5 Å². The molecule has 1 unspecified atom stereocenters. The number of halogens is 3. The zero-order chi connectivity index (χ0) is 24.9. The predicted octanol–water partition coefficient (Wildman–Crippen LogP) is 6.36. The number of amides is 2.